The van der Waals surface area contributed by atoms with E-state index in [1.807, 2.05) is 18.7 Å². The molecule has 0 unspecified atom stereocenters. The molecule has 11 heteroatoms. The number of nitrogen functional groups attached to an aromatic ring is 1. The number of nitrogens with two attached hydrogens (primary N) is 1. The minimum absolute atomic E-state index is 0.0265. The van der Waals surface area contributed by atoms with Gasteiger partial charge in [0.2, 0.25) is 9.84 Å². The summed E-state index contributed by atoms with van der Waals surface area (Å²) in [7, 11) is -2.40. The van der Waals surface area contributed by atoms with Gasteiger partial charge in [0.1, 0.15) is 33.8 Å². The highest BCUT2D eigenvalue weighted by Crippen LogP contribution is 2.37. The first-order chi connectivity index (χ1) is 14.3. The van der Waals surface area contributed by atoms with Crippen molar-refractivity contribution in [1.29, 1.82) is 0 Å². The van der Waals surface area contributed by atoms with Gasteiger partial charge in [0.15, 0.2) is 5.82 Å². The van der Waals surface area contributed by atoms with Crippen molar-refractivity contribution in [3.05, 3.63) is 30.6 Å². The van der Waals surface area contributed by atoms with Gasteiger partial charge in [-0.1, -0.05) is 0 Å². The van der Waals surface area contributed by atoms with E-state index in [0.29, 0.717) is 36.8 Å². The molecule has 1 saturated heterocycles. The summed E-state index contributed by atoms with van der Waals surface area (Å²) in [5, 5.41) is 0. The summed E-state index contributed by atoms with van der Waals surface area (Å²) >= 11 is 0. The van der Waals surface area contributed by atoms with Gasteiger partial charge in [0.05, 0.1) is 24.2 Å². The molecule has 0 saturated carbocycles. The Morgan fingerprint density at radius 3 is 2.63 bits per heavy atom. The van der Waals surface area contributed by atoms with Crippen LogP contribution in [0.15, 0.2) is 40.4 Å². The van der Waals surface area contributed by atoms with Crippen molar-refractivity contribution in [1.82, 2.24) is 15.0 Å². The first-order valence-corrected chi connectivity index (χ1v) is 10.9. The second-order valence-corrected chi connectivity index (χ2v) is 9.49. The number of methoxy groups -OCH3 is 1. The molecule has 0 radical (unpaired) electrons. The van der Waals surface area contributed by atoms with Gasteiger partial charge in [-0.2, -0.15) is 0 Å². The van der Waals surface area contributed by atoms with Crippen LogP contribution in [0, 0.1) is 0 Å². The molecule has 0 spiro atoms. The Morgan fingerprint density at radius 2 is 2.00 bits per heavy atom. The number of hydrogen-bond donors (Lipinski definition) is 3. The highest BCUT2D eigenvalue weighted by molar-refractivity contribution is 7.92. The van der Waals surface area contributed by atoms with Crippen LogP contribution in [0.4, 0.5) is 11.6 Å². The molecule has 4 N–H and O–H groups in total. The fourth-order valence-corrected chi connectivity index (χ4v) is 5.15. The monoisotopic (exact) mass is 432 g/mol. The smallest absolute Gasteiger partial charge is 0.212 e. The van der Waals surface area contributed by atoms with Gasteiger partial charge < -0.3 is 24.8 Å². The predicted octanol–water partition coefficient (Wildman–Crippen LogP) is 1.70. The lowest BCUT2D eigenvalue weighted by molar-refractivity contribution is -0.0278. The molecule has 160 valence electrons. The molecule has 2 aromatic heterocycles. The Hall–Kier alpha value is -2.89. The summed E-state index contributed by atoms with van der Waals surface area (Å²) in [6, 6.07) is 6.15. The number of nitrogens with one attached hydrogen (secondary N) is 2. The van der Waals surface area contributed by atoms with E-state index in [9.17, 15) is 8.42 Å². The second-order valence-electron chi connectivity index (χ2n) is 7.60. The van der Waals surface area contributed by atoms with Crippen LogP contribution in [-0.4, -0.2) is 55.8 Å². The molecule has 0 aliphatic carbocycles. The quantitative estimate of drug-likeness (QED) is 0.406. The van der Waals surface area contributed by atoms with Gasteiger partial charge in [0, 0.05) is 13.1 Å². The van der Waals surface area contributed by atoms with Crippen LogP contribution < -0.4 is 20.9 Å². The maximum Gasteiger partial charge on any atom is 0.212 e. The Kier molecular flexibility index (Phi) is 5.04. The lowest BCUT2D eigenvalue weighted by atomic mass is 10.1. The first kappa shape index (κ1) is 20.4. The van der Waals surface area contributed by atoms with Gasteiger partial charge in [-0.3, -0.25) is 0 Å². The molecule has 0 bridgehead atoms. The van der Waals surface area contributed by atoms with Crippen LogP contribution in [0.5, 0.6) is 5.75 Å². The largest absolute Gasteiger partial charge is 0.497 e. The molecule has 0 amide bonds. The van der Waals surface area contributed by atoms with Crippen molar-refractivity contribution >= 4 is 32.5 Å². The molecule has 3 heterocycles. The number of nitrogens with zero attached hydrogens (tertiary/aromatic N) is 3. The lowest BCUT2D eigenvalue weighted by Crippen LogP contribution is -2.48. The third kappa shape index (κ3) is 3.44. The van der Waals surface area contributed by atoms with Crippen molar-refractivity contribution in [3.63, 3.8) is 0 Å². The summed E-state index contributed by atoms with van der Waals surface area (Å²) < 4.78 is 37.8. The van der Waals surface area contributed by atoms with E-state index in [4.69, 9.17) is 15.3 Å². The first-order valence-electron chi connectivity index (χ1n) is 9.38. The molecular formula is C19H24N6O4S. The van der Waals surface area contributed by atoms with Crippen LogP contribution in [0.3, 0.4) is 0 Å². The van der Waals surface area contributed by atoms with Crippen molar-refractivity contribution in [2.75, 3.05) is 37.1 Å². The summed E-state index contributed by atoms with van der Waals surface area (Å²) in [5.74, 6) is 6.97. The second kappa shape index (κ2) is 7.42. The van der Waals surface area contributed by atoms with Crippen LogP contribution in [0.1, 0.15) is 13.8 Å². The highest BCUT2D eigenvalue weighted by Gasteiger charge is 2.32. The van der Waals surface area contributed by atoms with E-state index in [0.717, 1.165) is 0 Å². The number of hydrogen-bond acceptors (Lipinski definition) is 9. The minimum atomic E-state index is -3.92. The molecular weight excluding hydrogens is 408 g/mol. The molecule has 10 nitrogen and oxygen atoms in total. The van der Waals surface area contributed by atoms with Crippen LogP contribution in [-0.2, 0) is 14.6 Å². The third-order valence-corrected chi connectivity index (χ3v) is 6.86. The number of benzene rings is 1. The lowest BCUT2D eigenvalue weighted by Gasteiger charge is -2.38. The fourth-order valence-electron chi connectivity index (χ4n) is 3.64. The number of ether oxygens (including phenoxy) is 2. The van der Waals surface area contributed by atoms with E-state index >= 15 is 0 Å². The molecule has 30 heavy (non-hydrogen) atoms. The zero-order valence-electron chi connectivity index (χ0n) is 17.0. The maximum atomic E-state index is 13.4. The number of morpholine rings is 1. The average Bonchev–Trinajstić information content (AvgIpc) is 3.12. The van der Waals surface area contributed by atoms with E-state index < -0.39 is 9.84 Å². The summed E-state index contributed by atoms with van der Waals surface area (Å²) in [5.41, 5.74) is 2.87. The number of aromatic amines is 1. The molecule has 4 rings (SSSR count). The summed E-state index contributed by atoms with van der Waals surface area (Å²) in [6.45, 7) is 5.76. The predicted molar refractivity (Wildman–Crippen MR) is 112 cm³/mol. The van der Waals surface area contributed by atoms with E-state index in [1.54, 1.807) is 12.1 Å². The Labute approximate surface area is 174 Å². The number of rotatable bonds is 5. The topological polar surface area (TPSA) is 135 Å². The van der Waals surface area contributed by atoms with Crippen molar-refractivity contribution in [2.45, 2.75) is 29.2 Å². The van der Waals surface area contributed by atoms with Gasteiger partial charge in [0.25, 0.3) is 0 Å². The minimum Gasteiger partial charge on any atom is -0.497 e. The number of fused-ring (bicyclic) bond motifs is 1. The molecule has 1 fully saturated rings. The van der Waals surface area contributed by atoms with Gasteiger partial charge in [-0.05, 0) is 38.1 Å². The summed E-state index contributed by atoms with van der Waals surface area (Å²) in [6.07, 6.45) is 1.36. The van der Waals surface area contributed by atoms with Crippen molar-refractivity contribution in [2.24, 2.45) is 5.84 Å². The van der Waals surface area contributed by atoms with Crippen molar-refractivity contribution < 1.29 is 17.9 Å². The molecule has 1 aliphatic heterocycles. The van der Waals surface area contributed by atoms with Gasteiger partial charge in [-0.15, -0.1) is 0 Å². The van der Waals surface area contributed by atoms with Gasteiger partial charge >= 0.3 is 0 Å². The Bertz CT molecular complexity index is 1170. The fraction of sp³-hybridized carbons (Fsp3) is 0.368. The number of H-pyrrole nitrogens is 1. The van der Waals surface area contributed by atoms with E-state index in [2.05, 4.69) is 20.4 Å². The molecule has 1 aromatic carbocycles. The zero-order chi connectivity index (χ0) is 21.5. The zero-order valence-corrected chi connectivity index (χ0v) is 17.8. The number of hydrazine groups is 1. The highest BCUT2D eigenvalue weighted by atomic mass is 32.2. The number of sulfone groups is 1. The number of anilines is 2. The standard InChI is InChI=1S/C19H24N6O4S/c1-19(2)10-25(8-9-29-19)18-15-14(21-11-22-18)16(17(23-15)24-20)30(26,27)13-6-4-12(28-3)5-7-13/h4-7,11,23-24H,8-10,20H2,1-3H3. The Balaban J connectivity index is 1.86. The van der Waals surface area contributed by atoms with Crippen LogP contribution >= 0.6 is 0 Å². The Morgan fingerprint density at radius 1 is 1.27 bits per heavy atom. The third-order valence-electron chi connectivity index (χ3n) is 5.03. The van der Waals surface area contributed by atoms with E-state index in [-0.39, 0.29) is 26.7 Å². The summed E-state index contributed by atoms with van der Waals surface area (Å²) in [4.78, 5) is 13.9. The SMILES string of the molecule is COc1ccc(S(=O)(=O)c2c(NN)[nH]c3c(N4CCOC(C)(C)C4)ncnc23)cc1. The van der Waals surface area contributed by atoms with Crippen LogP contribution in [0.25, 0.3) is 11.0 Å². The number of aromatic nitrogens is 3. The molecule has 1 aliphatic rings. The van der Waals surface area contributed by atoms with Crippen molar-refractivity contribution in [3.8, 4) is 5.75 Å². The van der Waals surface area contributed by atoms with Crippen LogP contribution in [0.2, 0.25) is 0 Å². The maximum absolute atomic E-state index is 13.4. The van der Waals surface area contributed by atoms with Gasteiger partial charge in [-0.25, -0.2) is 24.2 Å². The molecule has 3 aromatic rings. The normalized spacial score (nSPS) is 16.6. The van der Waals surface area contributed by atoms with E-state index in [1.165, 1.54) is 25.6 Å². The average molecular weight is 433 g/mol. The molecule has 0 atom stereocenters.